The van der Waals surface area contributed by atoms with E-state index in [1.54, 1.807) is 0 Å². The number of rotatable bonds is 2. The molecular weight excluding hydrogens is 230 g/mol. The van der Waals surface area contributed by atoms with Crippen LogP contribution in [0.4, 0.5) is 0 Å². The molecule has 0 aliphatic carbocycles. The third-order valence-corrected chi connectivity index (χ3v) is 3.37. The van der Waals surface area contributed by atoms with Crippen molar-refractivity contribution in [3.05, 3.63) is 53.7 Å². The molecule has 0 amide bonds. The fourth-order valence-electron chi connectivity index (χ4n) is 2.47. The molecule has 0 bridgehead atoms. The summed E-state index contributed by atoms with van der Waals surface area (Å²) in [5.41, 5.74) is 5.68. The first-order valence-electron chi connectivity index (χ1n) is 6.91. The molecular formula is C18H24N+. The molecule has 1 heterocycles. The molecule has 0 aliphatic rings. The summed E-state index contributed by atoms with van der Waals surface area (Å²) >= 11 is 0. The molecule has 0 saturated heterocycles. The van der Waals surface area contributed by atoms with Gasteiger partial charge in [-0.25, -0.2) is 4.57 Å². The van der Waals surface area contributed by atoms with Crippen molar-refractivity contribution in [3.63, 3.8) is 0 Å². The van der Waals surface area contributed by atoms with Crippen molar-refractivity contribution >= 4 is 0 Å². The maximum absolute atomic E-state index is 2.34. The summed E-state index contributed by atoms with van der Waals surface area (Å²) in [6.45, 7) is 9.04. The van der Waals surface area contributed by atoms with E-state index in [4.69, 9.17) is 0 Å². The van der Waals surface area contributed by atoms with Crippen LogP contribution in [0.3, 0.4) is 0 Å². The first kappa shape index (κ1) is 13.8. The average molecular weight is 254 g/mol. The minimum Gasteiger partial charge on any atom is -0.201 e. The fourth-order valence-corrected chi connectivity index (χ4v) is 2.47. The Morgan fingerprint density at radius 3 is 2.42 bits per heavy atom. The van der Waals surface area contributed by atoms with E-state index in [-0.39, 0.29) is 0 Å². The zero-order chi connectivity index (χ0) is 14.0. The van der Waals surface area contributed by atoms with Crippen LogP contribution in [-0.2, 0) is 13.5 Å². The second kappa shape index (κ2) is 5.16. The van der Waals surface area contributed by atoms with Crippen molar-refractivity contribution in [2.45, 2.75) is 34.1 Å². The Kier molecular flexibility index (Phi) is 3.75. The highest BCUT2D eigenvalue weighted by Gasteiger charge is 2.15. The quantitative estimate of drug-likeness (QED) is 0.711. The Bertz CT molecular complexity index is 576. The number of aryl methyl sites for hydroxylation is 2. The lowest BCUT2D eigenvalue weighted by Gasteiger charge is -2.18. The van der Waals surface area contributed by atoms with Gasteiger partial charge in [0, 0.05) is 17.7 Å². The van der Waals surface area contributed by atoms with Crippen molar-refractivity contribution in [1.29, 1.82) is 0 Å². The molecule has 1 aromatic carbocycles. The number of pyridine rings is 1. The minimum atomic E-state index is 0.325. The zero-order valence-corrected chi connectivity index (χ0v) is 12.7. The smallest absolute Gasteiger partial charge is 0.201 e. The van der Waals surface area contributed by atoms with Gasteiger partial charge < -0.3 is 0 Å². The fraction of sp³-hybridized carbons (Fsp3) is 0.389. The van der Waals surface area contributed by atoms with E-state index in [1.807, 2.05) is 0 Å². The van der Waals surface area contributed by atoms with Gasteiger partial charge in [0.05, 0.1) is 0 Å². The molecule has 2 rings (SSSR count). The third-order valence-electron chi connectivity index (χ3n) is 3.37. The highest BCUT2D eigenvalue weighted by atomic mass is 14.9. The van der Waals surface area contributed by atoms with E-state index < -0.39 is 0 Å². The average Bonchev–Trinajstić information content (AvgIpc) is 2.31. The van der Waals surface area contributed by atoms with Crippen LogP contribution in [0.5, 0.6) is 0 Å². The second-order valence-electron chi connectivity index (χ2n) is 6.58. The molecule has 0 saturated carbocycles. The largest absolute Gasteiger partial charge is 0.212 e. The molecule has 1 nitrogen and oxygen atoms in total. The molecule has 19 heavy (non-hydrogen) atoms. The SMILES string of the molecule is Cc1ccc(CC(C)(C)C)cc1-c1cccc[n+]1C. The summed E-state index contributed by atoms with van der Waals surface area (Å²) < 4.78 is 2.18. The molecule has 0 radical (unpaired) electrons. The highest BCUT2D eigenvalue weighted by Crippen LogP contribution is 2.26. The van der Waals surface area contributed by atoms with E-state index in [0.717, 1.165) is 6.42 Å². The number of aromatic nitrogens is 1. The molecule has 0 fully saturated rings. The zero-order valence-electron chi connectivity index (χ0n) is 12.7. The highest BCUT2D eigenvalue weighted by molar-refractivity contribution is 5.61. The van der Waals surface area contributed by atoms with Crippen LogP contribution in [0.25, 0.3) is 11.3 Å². The van der Waals surface area contributed by atoms with Gasteiger partial charge in [0.15, 0.2) is 6.20 Å². The maximum atomic E-state index is 2.34. The van der Waals surface area contributed by atoms with Crippen molar-refractivity contribution in [3.8, 4) is 11.3 Å². The Hall–Kier alpha value is -1.63. The van der Waals surface area contributed by atoms with Gasteiger partial charge in [-0.3, -0.25) is 0 Å². The Morgan fingerprint density at radius 1 is 1.05 bits per heavy atom. The van der Waals surface area contributed by atoms with Gasteiger partial charge in [-0.1, -0.05) is 32.9 Å². The van der Waals surface area contributed by atoms with Gasteiger partial charge in [-0.2, -0.15) is 0 Å². The number of hydrogen-bond acceptors (Lipinski definition) is 0. The standard InChI is InChI=1S/C18H24N/c1-14-9-10-15(13-18(2,3)4)12-16(14)17-8-6-7-11-19(17)5/h6-12H,13H2,1-5H3/q+1. The van der Waals surface area contributed by atoms with E-state index >= 15 is 0 Å². The van der Waals surface area contributed by atoms with Crippen molar-refractivity contribution in [2.24, 2.45) is 12.5 Å². The van der Waals surface area contributed by atoms with E-state index in [0.29, 0.717) is 5.41 Å². The molecule has 0 aliphatic heterocycles. The molecule has 1 aromatic heterocycles. The molecule has 0 atom stereocenters. The molecule has 2 aromatic rings. The normalized spacial score (nSPS) is 11.6. The molecule has 1 heteroatoms. The lowest BCUT2D eigenvalue weighted by Crippen LogP contribution is -2.30. The predicted molar refractivity (Wildman–Crippen MR) is 81.0 cm³/mol. The van der Waals surface area contributed by atoms with Crippen molar-refractivity contribution in [1.82, 2.24) is 0 Å². The summed E-state index contributed by atoms with van der Waals surface area (Å²) in [6.07, 6.45) is 3.21. The van der Waals surface area contributed by atoms with Gasteiger partial charge in [-0.05, 0) is 42.0 Å². The molecule has 0 N–H and O–H groups in total. The summed E-state index contributed by atoms with van der Waals surface area (Å²) in [7, 11) is 2.10. The molecule has 100 valence electrons. The minimum absolute atomic E-state index is 0.325. The number of benzene rings is 1. The topological polar surface area (TPSA) is 3.88 Å². The van der Waals surface area contributed by atoms with Crippen LogP contribution in [0.1, 0.15) is 31.9 Å². The van der Waals surface area contributed by atoms with Crippen LogP contribution < -0.4 is 4.57 Å². The summed E-state index contributed by atoms with van der Waals surface area (Å²) in [5.74, 6) is 0. The Morgan fingerprint density at radius 2 is 1.79 bits per heavy atom. The number of nitrogens with zero attached hydrogens (tertiary/aromatic N) is 1. The van der Waals surface area contributed by atoms with Crippen LogP contribution in [0.15, 0.2) is 42.6 Å². The van der Waals surface area contributed by atoms with Crippen LogP contribution in [0.2, 0.25) is 0 Å². The van der Waals surface area contributed by atoms with Crippen LogP contribution in [-0.4, -0.2) is 0 Å². The second-order valence-corrected chi connectivity index (χ2v) is 6.58. The predicted octanol–water partition coefficient (Wildman–Crippen LogP) is 4.08. The Balaban J connectivity index is 2.46. The van der Waals surface area contributed by atoms with E-state index in [9.17, 15) is 0 Å². The molecule has 0 spiro atoms. The Labute approximate surface area is 116 Å². The van der Waals surface area contributed by atoms with Crippen LogP contribution in [0, 0.1) is 12.3 Å². The van der Waals surface area contributed by atoms with Gasteiger partial charge in [0.1, 0.15) is 7.05 Å². The van der Waals surface area contributed by atoms with Gasteiger partial charge in [0.2, 0.25) is 5.69 Å². The first-order valence-corrected chi connectivity index (χ1v) is 6.91. The van der Waals surface area contributed by atoms with Crippen LogP contribution >= 0.6 is 0 Å². The summed E-state index contributed by atoms with van der Waals surface area (Å²) in [5, 5.41) is 0. The van der Waals surface area contributed by atoms with E-state index in [2.05, 4.69) is 81.9 Å². The monoisotopic (exact) mass is 254 g/mol. The maximum Gasteiger partial charge on any atom is 0.212 e. The number of hydrogen-bond donors (Lipinski definition) is 0. The van der Waals surface area contributed by atoms with Gasteiger partial charge >= 0.3 is 0 Å². The lowest BCUT2D eigenvalue weighted by atomic mass is 9.87. The third kappa shape index (κ3) is 3.44. The van der Waals surface area contributed by atoms with Gasteiger partial charge in [0.25, 0.3) is 0 Å². The lowest BCUT2D eigenvalue weighted by molar-refractivity contribution is -0.660. The van der Waals surface area contributed by atoms with Crippen molar-refractivity contribution < 1.29 is 4.57 Å². The summed E-state index contributed by atoms with van der Waals surface area (Å²) in [6, 6.07) is 13.2. The summed E-state index contributed by atoms with van der Waals surface area (Å²) in [4.78, 5) is 0. The van der Waals surface area contributed by atoms with E-state index in [1.165, 1.54) is 22.4 Å². The van der Waals surface area contributed by atoms with Gasteiger partial charge in [-0.15, -0.1) is 0 Å². The molecule has 0 unspecified atom stereocenters. The van der Waals surface area contributed by atoms with Crippen molar-refractivity contribution in [2.75, 3.05) is 0 Å². The first-order chi connectivity index (χ1) is 8.87.